The van der Waals surface area contributed by atoms with Crippen LogP contribution in [0.1, 0.15) is 0 Å². The average Bonchev–Trinajstić information content (AvgIpc) is 0. The van der Waals surface area contributed by atoms with Gasteiger partial charge in [0.2, 0.25) is 0 Å². The SMILES string of the molecule is Cl.O.O.O.O.O.O.O.O.O.O.O.O.[MgH2]. The van der Waals surface area contributed by atoms with Crippen molar-refractivity contribution in [2.24, 2.45) is 0 Å². The van der Waals surface area contributed by atoms with Crippen molar-refractivity contribution in [2.75, 3.05) is 0 Å². The van der Waals surface area contributed by atoms with E-state index in [2.05, 4.69) is 0 Å². The zero-order valence-electron chi connectivity index (χ0n) is 6.41. The summed E-state index contributed by atoms with van der Waals surface area (Å²) in [4.78, 5) is 0. The lowest BCUT2D eigenvalue weighted by Gasteiger charge is -0.413. The van der Waals surface area contributed by atoms with E-state index in [4.69, 9.17) is 0 Å². The lowest BCUT2D eigenvalue weighted by atomic mass is 16.0. The maximum atomic E-state index is 0. The van der Waals surface area contributed by atoms with Crippen molar-refractivity contribution in [3.05, 3.63) is 0 Å². The Kier molecular flexibility index (Phi) is 3740000. The van der Waals surface area contributed by atoms with Crippen LogP contribution in [0.2, 0.25) is 0 Å². The van der Waals surface area contributed by atoms with Crippen LogP contribution in [0.4, 0.5) is 0 Å². The molecule has 0 bridgehead atoms. The number of hydrogen-bond donors (Lipinski definition) is 0. The summed E-state index contributed by atoms with van der Waals surface area (Å²) < 4.78 is 0. The van der Waals surface area contributed by atoms with Crippen LogP contribution in [0, 0.1) is 0 Å². The van der Waals surface area contributed by atoms with Crippen LogP contribution in [-0.2, 0) is 0 Å². The third-order valence-electron chi connectivity index (χ3n) is 0. The molecule has 0 aromatic rings. The van der Waals surface area contributed by atoms with Gasteiger partial charge in [-0.15, -0.1) is 12.4 Å². The second-order valence-corrected chi connectivity index (χ2v) is 0. The van der Waals surface area contributed by atoms with Gasteiger partial charge in [0.05, 0.1) is 0 Å². The van der Waals surface area contributed by atoms with Gasteiger partial charge in [-0.3, -0.25) is 0 Å². The molecule has 0 aliphatic carbocycles. The molecule has 0 amide bonds. The molecule has 108 valence electrons. The minimum Gasteiger partial charge on any atom is -0.412 e. The van der Waals surface area contributed by atoms with E-state index in [0.29, 0.717) is 0 Å². The monoisotopic (exact) mass is 278 g/mol. The van der Waals surface area contributed by atoms with Gasteiger partial charge in [-0.1, -0.05) is 0 Å². The summed E-state index contributed by atoms with van der Waals surface area (Å²) in [5.41, 5.74) is 0. The molecule has 24 N–H and O–H groups in total. The highest BCUT2D eigenvalue weighted by molar-refractivity contribution is 5.85. The van der Waals surface area contributed by atoms with Crippen molar-refractivity contribution in [1.29, 1.82) is 0 Å². The molecule has 0 saturated carbocycles. The van der Waals surface area contributed by atoms with Crippen LogP contribution >= 0.6 is 12.4 Å². The first-order valence-corrected chi connectivity index (χ1v) is 0. The molecular formula is H27ClMgO12. The summed E-state index contributed by atoms with van der Waals surface area (Å²) >= 11 is 0. The third-order valence-corrected chi connectivity index (χ3v) is 0. The van der Waals surface area contributed by atoms with Crippen LogP contribution in [-0.4, -0.2) is 88.8 Å². The van der Waals surface area contributed by atoms with Gasteiger partial charge in [0.15, 0.2) is 0 Å². The van der Waals surface area contributed by atoms with E-state index in [1.807, 2.05) is 0 Å². The number of rotatable bonds is 0. The second kappa shape index (κ2) is 6470. The first kappa shape index (κ1) is 8090. The van der Waals surface area contributed by atoms with Crippen molar-refractivity contribution in [2.45, 2.75) is 0 Å². The van der Waals surface area contributed by atoms with Gasteiger partial charge in [0.1, 0.15) is 0 Å². The van der Waals surface area contributed by atoms with E-state index in [0.717, 1.165) is 0 Å². The van der Waals surface area contributed by atoms with E-state index >= 15 is 0 Å². The van der Waals surface area contributed by atoms with Crippen LogP contribution in [0.3, 0.4) is 0 Å². The molecule has 0 spiro atoms. The Labute approximate surface area is 102 Å². The van der Waals surface area contributed by atoms with E-state index < -0.39 is 0 Å². The molecule has 12 nitrogen and oxygen atoms in total. The molecule has 0 radical (unpaired) electrons. The summed E-state index contributed by atoms with van der Waals surface area (Å²) in [6, 6.07) is 0. The summed E-state index contributed by atoms with van der Waals surface area (Å²) in [6.07, 6.45) is 0. The summed E-state index contributed by atoms with van der Waals surface area (Å²) in [5, 5.41) is 0. The predicted octanol–water partition coefficient (Wildman–Crippen LogP) is -10.4. The third kappa shape index (κ3) is 5080. The molecule has 0 heterocycles. The Hall–Kier alpha value is 0.576. The van der Waals surface area contributed by atoms with E-state index in [9.17, 15) is 0 Å². The van der Waals surface area contributed by atoms with E-state index in [-0.39, 0.29) is 101 Å². The fourth-order valence-electron chi connectivity index (χ4n) is 0. The Morgan fingerprint density at radius 3 is 0.214 bits per heavy atom. The highest BCUT2D eigenvalue weighted by Crippen LogP contribution is 0.690. The maximum absolute atomic E-state index is 0. The van der Waals surface area contributed by atoms with Crippen LogP contribution < -0.4 is 0 Å². The Balaban J connectivity index is 0. The van der Waals surface area contributed by atoms with Crippen molar-refractivity contribution >= 4 is 35.5 Å². The standard InChI is InChI=1S/ClH.Mg.12H2O.2H/h1H;;12*1H2;;. The smallest absolute Gasteiger partial charge is 0.316 e. The van der Waals surface area contributed by atoms with Crippen molar-refractivity contribution in [3.8, 4) is 0 Å². The first-order valence-electron chi connectivity index (χ1n) is 0. The first-order chi connectivity index (χ1) is 0. The number of halogens is 1. The quantitative estimate of drug-likeness (QED) is 0.372. The largest absolute Gasteiger partial charge is 0.412 e. The summed E-state index contributed by atoms with van der Waals surface area (Å²) in [7, 11) is 0. The highest BCUT2D eigenvalue weighted by Gasteiger charge is 0.316. The second-order valence-electron chi connectivity index (χ2n) is 0. The van der Waals surface area contributed by atoms with E-state index in [1.165, 1.54) is 0 Å². The molecule has 14 heteroatoms. The molecule has 0 atom stereocenters. The molecule has 0 saturated heterocycles. The van der Waals surface area contributed by atoms with Gasteiger partial charge in [0.25, 0.3) is 0 Å². The predicted molar refractivity (Wildman–Crippen MR) is 59.2 cm³/mol. The number of hydrogen-bond acceptors (Lipinski definition) is 0. The van der Waals surface area contributed by atoms with Gasteiger partial charge in [0, 0.05) is 0 Å². The molecule has 0 rings (SSSR count). The van der Waals surface area contributed by atoms with E-state index in [1.54, 1.807) is 0 Å². The molecular weight excluding hydrogens is 252 g/mol. The maximum Gasteiger partial charge on any atom is 0.316 e. The Bertz CT molecular complexity index is 10.3. The zero-order chi connectivity index (χ0) is 0. The van der Waals surface area contributed by atoms with Crippen LogP contribution in [0.5, 0.6) is 0 Å². The minimum absolute atomic E-state index is 0. The topological polar surface area (TPSA) is 378 Å². The van der Waals surface area contributed by atoms with Gasteiger partial charge >= 0.3 is 23.1 Å². The van der Waals surface area contributed by atoms with Gasteiger partial charge in [-0.25, -0.2) is 0 Å². The molecule has 0 aliphatic rings. The summed E-state index contributed by atoms with van der Waals surface area (Å²) in [6.45, 7) is 0. The highest BCUT2D eigenvalue weighted by atomic mass is 35.5. The molecule has 0 unspecified atom stereocenters. The van der Waals surface area contributed by atoms with Gasteiger partial charge < -0.3 is 65.7 Å². The molecule has 0 aromatic carbocycles. The minimum atomic E-state index is 0. The Morgan fingerprint density at radius 2 is 0.214 bits per heavy atom. The van der Waals surface area contributed by atoms with Gasteiger partial charge in [-0.2, -0.15) is 0 Å². The average molecular weight is 279 g/mol. The van der Waals surface area contributed by atoms with Crippen molar-refractivity contribution in [1.82, 2.24) is 0 Å². The van der Waals surface area contributed by atoms with Crippen molar-refractivity contribution < 1.29 is 65.7 Å². The molecule has 0 aromatic heterocycles. The van der Waals surface area contributed by atoms with Crippen LogP contribution in [0.15, 0.2) is 0 Å². The molecule has 0 aliphatic heterocycles. The molecule has 0 fully saturated rings. The lowest BCUT2D eigenvalue weighted by Crippen LogP contribution is -0.381. The fourth-order valence-corrected chi connectivity index (χ4v) is 0. The zero-order valence-corrected chi connectivity index (χ0v) is 7.22. The van der Waals surface area contributed by atoms with Gasteiger partial charge in [-0.05, 0) is 0 Å². The molecule has 14 heavy (non-hydrogen) atoms. The summed E-state index contributed by atoms with van der Waals surface area (Å²) in [5.74, 6) is 0. The van der Waals surface area contributed by atoms with Crippen LogP contribution in [0.25, 0.3) is 0 Å². The van der Waals surface area contributed by atoms with Crippen molar-refractivity contribution in [3.63, 3.8) is 0 Å². The fraction of sp³-hybridized carbons (Fsp3) is 0. The Morgan fingerprint density at radius 1 is 0.214 bits per heavy atom. The lowest BCUT2D eigenvalue weighted by molar-refractivity contribution is 0.823. The normalized spacial score (nSPS) is 0.